The Morgan fingerprint density at radius 3 is 2.25 bits per heavy atom. The number of rotatable bonds is 4. The highest BCUT2D eigenvalue weighted by Gasteiger charge is 2.15. The summed E-state index contributed by atoms with van der Waals surface area (Å²) in [5.74, 6) is 0.703. The predicted octanol–water partition coefficient (Wildman–Crippen LogP) is 2.12. The van der Waals surface area contributed by atoms with Gasteiger partial charge in [0.1, 0.15) is 5.88 Å². The zero-order valence-electron chi connectivity index (χ0n) is 8.30. The van der Waals surface area contributed by atoms with E-state index in [4.69, 9.17) is 11.6 Å². The van der Waals surface area contributed by atoms with Crippen molar-refractivity contribution in [3.05, 3.63) is 0 Å². The third-order valence-electron chi connectivity index (χ3n) is 1.98. The Hall–Kier alpha value is -0.240. The number of nitrogens with zero attached hydrogens (tertiary/aromatic N) is 1. The highest BCUT2D eigenvalue weighted by molar-refractivity contribution is 6.27. The molecule has 1 amide bonds. The van der Waals surface area contributed by atoms with Gasteiger partial charge in [-0.1, -0.05) is 13.8 Å². The van der Waals surface area contributed by atoms with Gasteiger partial charge in [-0.15, -0.1) is 11.6 Å². The molecule has 0 radical (unpaired) electrons. The van der Waals surface area contributed by atoms with Gasteiger partial charge in [0.25, 0.3) is 0 Å². The number of halogens is 1. The summed E-state index contributed by atoms with van der Waals surface area (Å²) in [6, 6.07) is 0.288. The van der Waals surface area contributed by atoms with Crippen LogP contribution in [0.15, 0.2) is 0 Å². The van der Waals surface area contributed by atoms with Gasteiger partial charge in [0.15, 0.2) is 0 Å². The third-order valence-corrected chi connectivity index (χ3v) is 2.21. The molecule has 0 rings (SSSR count). The molecule has 0 unspecified atom stereocenters. The first-order chi connectivity index (χ1) is 5.49. The Kier molecular flexibility index (Phi) is 5.31. The fraction of sp³-hybridized carbons (Fsp3) is 0.889. The van der Waals surface area contributed by atoms with Crippen molar-refractivity contribution in [2.24, 2.45) is 5.92 Å². The molecule has 0 heterocycles. The number of carbonyl (C=O) groups is 1. The molecule has 0 fully saturated rings. The average molecular weight is 192 g/mol. The summed E-state index contributed by atoms with van der Waals surface area (Å²) >= 11 is 5.44. The van der Waals surface area contributed by atoms with Gasteiger partial charge < -0.3 is 4.90 Å². The zero-order chi connectivity index (χ0) is 9.72. The summed E-state index contributed by atoms with van der Waals surface area (Å²) in [4.78, 5) is 12.8. The largest absolute Gasteiger partial charge is 0.342 e. The van der Waals surface area contributed by atoms with E-state index >= 15 is 0 Å². The van der Waals surface area contributed by atoms with Gasteiger partial charge in [-0.3, -0.25) is 4.79 Å². The normalized spacial score (nSPS) is 13.2. The van der Waals surface area contributed by atoms with Gasteiger partial charge in [-0.05, 0) is 19.3 Å². The van der Waals surface area contributed by atoms with Crippen molar-refractivity contribution in [1.29, 1.82) is 0 Å². The van der Waals surface area contributed by atoms with E-state index in [1.165, 1.54) is 0 Å². The Balaban J connectivity index is 3.91. The molecular weight excluding hydrogens is 174 g/mol. The molecule has 0 saturated carbocycles. The van der Waals surface area contributed by atoms with Crippen molar-refractivity contribution in [2.75, 3.05) is 12.9 Å². The van der Waals surface area contributed by atoms with E-state index < -0.39 is 0 Å². The van der Waals surface area contributed by atoms with Gasteiger partial charge >= 0.3 is 0 Å². The first kappa shape index (κ1) is 11.8. The predicted molar refractivity (Wildman–Crippen MR) is 52.4 cm³/mol. The highest BCUT2D eigenvalue weighted by atomic mass is 35.5. The maximum Gasteiger partial charge on any atom is 0.237 e. The smallest absolute Gasteiger partial charge is 0.237 e. The van der Waals surface area contributed by atoms with Gasteiger partial charge in [-0.2, -0.15) is 0 Å². The van der Waals surface area contributed by atoms with Crippen LogP contribution in [0.5, 0.6) is 0 Å². The maximum absolute atomic E-state index is 11.1. The minimum absolute atomic E-state index is 0.00446. The molecule has 0 spiro atoms. The molecule has 2 nitrogen and oxygen atoms in total. The van der Waals surface area contributed by atoms with E-state index in [2.05, 4.69) is 13.8 Å². The van der Waals surface area contributed by atoms with Crippen LogP contribution in [0.3, 0.4) is 0 Å². The Labute approximate surface area is 79.9 Å². The van der Waals surface area contributed by atoms with Crippen molar-refractivity contribution in [2.45, 2.75) is 33.2 Å². The lowest BCUT2D eigenvalue weighted by molar-refractivity contribution is -0.129. The van der Waals surface area contributed by atoms with E-state index in [0.717, 1.165) is 6.42 Å². The molecule has 3 heteroatoms. The van der Waals surface area contributed by atoms with Crippen LogP contribution in [0, 0.1) is 5.92 Å². The van der Waals surface area contributed by atoms with Crippen LogP contribution >= 0.6 is 11.6 Å². The molecular formula is C9H18ClNO. The van der Waals surface area contributed by atoms with Crippen LogP contribution in [-0.4, -0.2) is 29.8 Å². The molecule has 0 aliphatic heterocycles. The van der Waals surface area contributed by atoms with Crippen LogP contribution in [-0.2, 0) is 4.79 Å². The standard InChI is InChI=1S/C9H18ClNO/c1-7(2)5-8(3)11(4)9(12)6-10/h7-8H,5-6H2,1-4H3/t8-/m1/s1. The molecule has 0 aliphatic rings. The first-order valence-corrected chi connectivity index (χ1v) is 4.84. The van der Waals surface area contributed by atoms with Crippen LogP contribution in [0.4, 0.5) is 0 Å². The lowest BCUT2D eigenvalue weighted by Gasteiger charge is -2.25. The minimum atomic E-state index is 0.00446. The number of hydrogen-bond donors (Lipinski definition) is 0. The summed E-state index contributed by atoms with van der Waals surface area (Å²) in [6.45, 7) is 6.34. The van der Waals surface area contributed by atoms with E-state index in [-0.39, 0.29) is 17.8 Å². The molecule has 0 aromatic rings. The maximum atomic E-state index is 11.1. The fourth-order valence-corrected chi connectivity index (χ4v) is 1.37. The minimum Gasteiger partial charge on any atom is -0.342 e. The quantitative estimate of drug-likeness (QED) is 0.624. The number of carbonyl (C=O) groups excluding carboxylic acids is 1. The fourth-order valence-electron chi connectivity index (χ4n) is 1.18. The molecule has 0 saturated heterocycles. The van der Waals surface area contributed by atoms with Gasteiger partial charge in [0, 0.05) is 13.1 Å². The van der Waals surface area contributed by atoms with Crippen LogP contribution in [0.1, 0.15) is 27.2 Å². The lowest BCUT2D eigenvalue weighted by atomic mass is 10.0. The van der Waals surface area contributed by atoms with Gasteiger partial charge in [0.05, 0.1) is 0 Å². The van der Waals surface area contributed by atoms with Gasteiger partial charge in [0.2, 0.25) is 5.91 Å². The summed E-state index contributed by atoms with van der Waals surface area (Å²) in [5, 5.41) is 0. The van der Waals surface area contributed by atoms with Gasteiger partial charge in [-0.25, -0.2) is 0 Å². The van der Waals surface area contributed by atoms with Crippen molar-refractivity contribution < 1.29 is 4.79 Å². The zero-order valence-corrected chi connectivity index (χ0v) is 9.06. The molecule has 0 aromatic heterocycles. The summed E-state index contributed by atoms with van der Waals surface area (Å²) < 4.78 is 0. The van der Waals surface area contributed by atoms with Crippen LogP contribution < -0.4 is 0 Å². The SMILES string of the molecule is CC(C)C[C@@H](C)N(C)C(=O)CCl. The van der Waals surface area contributed by atoms with Crippen LogP contribution in [0.25, 0.3) is 0 Å². The second kappa shape index (κ2) is 5.41. The summed E-state index contributed by atoms with van der Waals surface area (Å²) in [7, 11) is 1.80. The number of amides is 1. The van der Waals surface area contributed by atoms with E-state index in [0.29, 0.717) is 5.92 Å². The van der Waals surface area contributed by atoms with E-state index in [1.807, 2.05) is 6.92 Å². The first-order valence-electron chi connectivity index (χ1n) is 4.30. The second-order valence-corrected chi connectivity index (χ2v) is 3.88. The third kappa shape index (κ3) is 3.96. The number of alkyl halides is 1. The molecule has 0 N–H and O–H groups in total. The van der Waals surface area contributed by atoms with E-state index in [9.17, 15) is 4.79 Å². The Bertz CT molecular complexity index is 147. The molecule has 0 aliphatic carbocycles. The van der Waals surface area contributed by atoms with E-state index in [1.54, 1.807) is 11.9 Å². The second-order valence-electron chi connectivity index (χ2n) is 3.62. The van der Waals surface area contributed by atoms with Crippen molar-refractivity contribution >= 4 is 17.5 Å². The van der Waals surface area contributed by atoms with Crippen molar-refractivity contribution in [1.82, 2.24) is 4.90 Å². The van der Waals surface area contributed by atoms with Crippen molar-refractivity contribution in [3.63, 3.8) is 0 Å². The summed E-state index contributed by atoms with van der Waals surface area (Å²) in [5.41, 5.74) is 0. The van der Waals surface area contributed by atoms with Crippen LogP contribution in [0.2, 0.25) is 0 Å². The molecule has 12 heavy (non-hydrogen) atoms. The molecule has 72 valence electrons. The van der Waals surface area contributed by atoms with Crippen molar-refractivity contribution in [3.8, 4) is 0 Å². The molecule has 1 atom stereocenters. The average Bonchev–Trinajstić information content (AvgIpc) is 2.00. The summed E-state index contributed by atoms with van der Waals surface area (Å²) in [6.07, 6.45) is 1.03. The monoisotopic (exact) mass is 191 g/mol. The Morgan fingerprint density at radius 1 is 1.42 bits per heavy atom. The molecule has 0 aromatic carbocycles. The topological polar surface area (TPSA) is 20.3 Å². The number of hydrogen-bond acceptors (Lipinski definition) is 1. The Morgan fingerprint density at radius 2 is 1.92 bits per heavy atom. The highest BCUT2D eigenvalue weighted by Crippen LogP contribution is 2.09. The lowest BCUT2D eigenvalue weighted by Crippen LogP contribution is -2.36. The molecule has 0 bridgehead atoms.